The summed E-state index contributed by atoms with van der Waals surface area (Å²) in [6.45, 7) is 4.05. The Kier molecular flexibility index (Phi) is 4.31. The maximum Gasteiger partial charge on any atom is 0.228 e. The first-order valence-electron chi connectivity index (χ1n) is 6.34. The average Bonchev–Trinajstić information content (AvgIpc) is 2.90. The van der Waals surface area contributed by atoms with E-state index in [1.807, 2.05) is 32.0 Å². The minimum atomic E-state index is -0.139. The Bertz CT molecular complexity index is 551. The van der Waals surface area contributed by atoms with Gasteiger partial charge in [0.2, 0.25) is 5.91 Å². The predicted octanol–water partition coefficient (Wildman–Crippen LogP) is 4.22. The number of nitrogens with one attached hydrogen (secondary N) is 1. The Labute approximate surface area is 128 Å². The number of rotatable bonds is 4. The van der Waals surface area contributed by atoms with Crippen molar-refractivity contribution in [2.45, 2.75) is 13.8 Å². The monoisotopic (exact) mass is 313 g/mol. The second-order valence-electron chi connectivity index (χ2n) is 5.47. The van der Waals surface area contributed by atoms with Gasteiger partial charge in [0.15, 0.2) is 0 Å². The van der Waals surface area contributed by atoms with Gasteiger partial charge < -0.3 is 10.1 Å². The highest BCUT2D eigenvalue weighted by Gasteiger charge is 2.60. The predicted molar refractivity (Wildman–Crippen MR) is 82.2 cm³/mol. The van der Waals surface area contributed by atoms with Crippen LogP contribution in [0.4, 0.5) is 5.69 Å². The highest BCUT2D eigenvalue weighted by atomic mass is 35.5. The highest BCUT2D eigenvalue weighted by molar-refractivity contribution is 6.55. The number of amides is 1. The molecule has 0 aliphatic heterocycles. The lowest BCUT2D eigenvalue weighted by molar-refractivity contribution is -0.118. The Morgan fingerprint density at radius 2 is 2.00 bits per heavy atom. The summed E-state index contributed by atoms with van der Waals surface area (Å²) >= 11 is 11.4. The quantitative estimate of drug-likeness (QED) is 0.903. The zero-order valence-electron chi connectivity index (χ0n) is 11.6. The van der Waals surface area contributed by atoms with Crippen LogP contribution in [0.15, 0.2) is 34.8 Å². The van der Waals surface area contributed by atoms with Gasteiger partial charge in [-0.2, -0.15) is 0 Å². The third kappa shape index (κ3) is 2.94. The summed E-state index contributed by atoms with van der Waals surface area (Å²) in [7, 11) is 1.57. The standard InChI is InChI=1S/C15H17Cl2NO2/c1-15(2)9(8-12(16)17)13(15)14(19)18-10-6-4-5-7-11(10)20-3/h4-9,13H,1-3H3,(H,18,19). The Morgan fingerprint density at radius 1 is 1.35 bits per heavy atom. The Morgan fingerprint density at radius 3 is 2.60 bits per heavy atom. The number of hydrogen-bond donors (Lipinski definition) is 1. The number of halogens is 2. The number of para-hydroxylation sites is 2. The van der Waals surface area contributed by atoms with E-state index in [1.165, 1.54) is 0 Å². The van der Waals surface area contributed by atoms with Crippen molar-refractivity contribution in [3.63, 3.8) is 0 Å². The maximum absolute atomic E-state index is 12.4. The number of benzene rings is 1. The first kappa shape index (κ1) is 15.2. The van der Waals surface area contributed by atoms with Crippen LogP contribution in [0.25, 0.3) is 0 Å². The summed E-state index contributed by atoms with van der Waals surface area (Å²) in [5, 5.41) is 2.90. The zero-order chi connectivity index (χ0) is 14.9. The molecule has 0 aromatic heterocycles. The van der Waals surface area contributed by atoms with Crippen molar-refractivity contribution in [2.75, 3.05) is 12.4 Å². The highest BCUT2D eigenvalue weighted by Crippen LogP contribution is 2.60. The van der Waals surface area contributed by atoms with Crippen molar-refractivity contribution in [1.29, 1.82) is 0 Å². The summed E-state index contributed by atoms with van der Waals surface area (Å²) in [6.07, 6.45) is 1.73. The molecule has 0 heterocycles. The van der Waals surface area contributed by atoms with Gasteiger partial charge in [0.25, 0.3) is 0 Å². The molecule has 0 radical (unpaired) electrons. The van der Waals surface area contributed by atoms with Gasteiger partial charge in [-0.05, 0) is 29.5 Å². The molecule has 1 aliphatic rings. The first-order chi connectivity index (χ1) is 9.37. The van der Waals surface area contributed by atoms with Crippen molar-refractivity contribution >= 4 is 34.8 Å². The molecule has 1 aromatic rings. The topological polar surface area (TPSA) is 38.3 Å². The summed E-state index contributed by atoms with van der Waals surface area (Å²) in [5.41, 5.74) is 0.531. The van der Waals surface area contributed by atoms with E-state index >= 15 is 0 Å². The first-order valence-corrected chi connectivity index (χ1v) is 7.10. The molecular weight excluding hydrogens is 297 g/mol. The largest absolute Gasteiger partial charge is 0.495 e. The van der Waals surface area contributed by atoms with Crippen LogP contribution in [0.1, 0.15) is 13.8 Å². The van der Waals surface area contributed by atoms with Crippen molar-refractivity contribution < 1.29 is 9.53 Å². The Balaban J connectivity index is 2.12. The number of carbonyl (C=O) groups excluding carboxylic acids is 1. The van der Waals surface area contributed by atoms with Crippen molar-refractivity contribution in [1.82, 2.24) is 0 Å². The third-order valence-corrected chi connectivity index (χ3v) is 4.12. The van der Waals surface area contributed by atoms with E-state index in [-0.39, 0.29) is 27.6 Å². The van der Waals surface area contributed by atoms with E-state index in [2.05, 4.69) is 5.32 Å². The van der Waals surface area contributed by atoms with Crippen LogP contribution in [-0.2, 0) is 4.79 Å². The third-order valence-electron chi connectivity index (χ3n) is 3.86. The molecule has 1 amide bonds. The maximum atomic E-state index is 12.4. The van der Waals surface area contributed by atoms with E-state index in [4.69, 9.17) is 27.9 Å². The molecule has 2 atom stereocenters. The summed E-state index contributed by atoms with van der Waals surface area (Å²) in [5.74, 6) is 0.513. The van der Waals surface area contributed by atoms with E-state index in [0.717, 1.165) is 0 Å². The van der Waals surface area contributed by atoms with Gasteiger partial charge in [0.1, 0.15) is 10.2 Å². The molecule has 3 nitrogen and oxygen atoms in total. The molecule has 1 N–H and O–H groups in total. The molecule has 2 unspecified atom stereocenters. The molecule has 1 saturated carbocycles. The molecule has 108 valence electrons. The van der Waals surface area contributed by atoms with Crippen LogP contribution in [0.2, 0.25) is 0 Å². The second-order valence-corrected chi connectivity index (χ2v) is 6.48. The smallest absolute Gasteiger partial charge is 0.228 e. The van der Waals surface area contributed by atoms with Crippen LogP contribution in [0.5, 0.6) is 5.75 Å². The number of anilines is 1. The molecule has 20 heavy (non-hydrogen) atoms. The minimum Gasteiger partial charge on any atom is -0.495 e. The normalized spacial score (nSPS) is 22.9. The molecule has 2 rings (SSSR count). The van der Waals surface area contributed by atoms with Crippen LogP contribution >= 0.6 is 23.2 Å². The molecule has 5 heteroatoms. The summed E-state index contributed by atoms with van der Waals surface area (Å²) in [6, 6.07) is 7.32. The zero-order valence-corrected chi connectivity index (χ0v) is 13.1. The lowest BCUT2D eigenvalue weighted by Gasteiger charge is -2.10. The minimum absolute atomic E-state index is 0.0460. The number of methoxy groups -OCH3 is 1. The summed E-state index contributed by atoms with van der Waals surface area (Å²) in [4.78, 5) is 12.4. The van der Waals surface area contributed by atoms with Crippen molar-refractivity contribution in [3.05, 3.63) is 34.8 Å². The molecule has 0 spiro atoms. The van der Waals surface area contributed by atoms with Crippen LogP contribution in [-0.4, -0.2) is 13.0 Å². The molecule has 0 bridgehead atoms. The molecule has 1 aromatic carbocycles. The van der Waals surface area contributed by atoms with E-state index < -0.39 is 0 Å². The van der Waals surface area contributed by atoms with Gasteiger partial charge in [-0.3, -0.25) is 4.79 Å². The van der Waals surface area contributed by atoms with Crippen molar-refractivity contribution in [2.24, 2.45) is 17.3 Å². The van der Waals surface area contributed by atoms with Gasteiger partial charge >= 0.3 is 0 Å². The molecule has 0 saturated heterocycles. The van der Waals surface area contributed by atoms with E-state index in [0.29, 0.717) is 11.4 Å². The van der Waals surface area contributed by atoms with Gasteiger partial charge in [-0.15, -0.1) is 0 Å². The second kappa shape index (κ2) is 5.66. The van der Waals surface area contributed by atoms with Crippen LogP contribution in [0.3, 0.4) is 0 Å². The fourth-order valence-electron chi connectivity index (χ4n) is 2.58. The fourth-order valence-corrected chi connectivity index (χ4v) is 2.86. The lowest BCUT2D eigenvalue weighted by atomic mass is 10.1. The SMILES string of the molecule is COc1ccccc1NC(=O)C1C(C=C(Cl)Cl)C1(C)C. The van der Waals surface area contributed by atoms with E-state index in [1.54, 1.807) is 19.3 Å². The lowest BCUT2D eigenvalue weighted by Crippen LogP contribution is -2.17. The van der Waals surface area contributed by atoms with E-state index in [9.17, 15) is 4.79 Å². The van der Waals surface area contributed by atoms with Gasteiger partial charge in [0.05, 0.1) is 18.7 Å². The fraction of sp³-hybridized carbons (Fsp3) is 0.400. The molecule has 1 fully saturated rings. The molecular formula is C15H17Cl2NO2. The van der Waals surface area contributed by atoms with Gasteiger partial charge in [-0.1, -0.05) is 49.2 Å². The molecule has 1 aliphatic carbocycles. The van der Waals surface area contributed by atoms with Crippen LogP contribution in [0, 0.1) is 17.3 Å². The number of carbonyl (C=O) groups is 1. The van der Waals surface area contributed by atoms with Crippen molar-refractivity contribution in [3.8, 4) is 5.75 Å². The van der Waals surface area contributed by atoms with Gasteiger partial charge in [0, 0.05) is 0 Å². The number of allylic oxidation sites excluding steroid dienone is 1. The number of hydrogen-bond acceptors (Lipinski definition) is 2. The number of ether oxygens (including phenoxy) is 1. The summed E-state index contributed by atoms with van der Waals surface area (Å²) < 4.78 is 5.43. The Hall–Kier alpha value is -1.19. The van der Waals surface area contributed by atoms with Crippen LogP contribution < -0.4 is 10.1 Å². The van der Waals surface area contributed by atoms with Gasteiger partial charge in [-0.25, -0.2) is 0 Å². The average molecular weight is 314 g/mol.